The van der Waals surface area contributed by atoms with Crippen molar-refractivity contribution in [3.63, 3.8) is 0 Å². The number of nitrogens with one attached hydrogen (secondary N) is 1. The number of methoxy groups -OCH3 is 2. The van der Waals surface area contributed by atoms with Crippen LogP contribution in [-0.4, -0.2) is 38.0 Å². The second-order valence-electron chi connectivity index (χ2n) is 8.58. The number of anilines is 1. The lowest BCUT2D eigenvalue weighted by molar-refractivity contribution is -0.119. The molecule has 2 heterocycles. The molecule has 1 N–H and O–H groups in total. The van der Waals surface area contributed by atoms with E-state index in [9.17, 15) is 9.59 Å². The van der Waals surface area contributed by atoms with E-state index in [1.165, 1.54) is 25.6 Å². The summed E-state index contributed by atoms with van der Waals surface area (Å²) in [6.07, 6.45) is 0. The fourth-order valence-corrected chi connectivity index (χ4v) is 5.50. The van der Waals surface area contributed by atoms with Crippen LogP contribution in [0.25, 0.3) is 0 Å². The van der Waals surface area contributed by atoms with Crippen molar-refractivity contribution in [3.8, 4) is 23.0 Å². The zero-order valence-electron chi connectivity index (χ0n) is 20.6. The Morgan fingerprint density at radius 1 is 0.892 bits per heavy atom. The number of carbonyl (C=O) groups excluding carboxylic acids is 2. The first kappa shape index (κ1) is 24.4. The Labute approximate surface area is 219 Å². The first-order valence-electron chi connectivity index (χ1n) is 11.7. The van der Waals surface area contributed by atoms with Gasteiger partial charge in [-0.25, -0.2) is 0 Å². The number of carbonyl (C=O) groups is 2. The Hall–Kier alpha value is -4.30. The summed E-state index contributed by atoms with van der Waals surface area (Å²) < 4.78 is 16.8. The number of thiophene rings is 1. The summed E-state index contributed by atoms with van der Waals surface area (Å²) >= 11 is 1.51. The van der Waals surface area contributed by atoms with Crippen LogP contribution in [0.4, 0.5) is 5.69 Å². The van der Waals surface area contributed by atoms with Gasteiger partial charge in [-0.2, -0.15) is 0 Å². The lowest BCUT2D eigenvalue weighted by atomic mass is 9.81. The largest absolute Gasteiger partial charge is 0.493 e. The van der Waals surface area contributed by atoms with Gasteiger partial charge in [0.1, 0.15) is 11.5 Å². The van der Waals surface area contributed by atoms with Crippen molar-refractivity contribution in [1.82, 2.24) is 4.90 Å². The Morgan fingerprint density at radius 3 is 2.22 bits per heavy atom. The van der Waals surface area contributed by atoms with Gasteiger partial charge in [0.25, 0.3) is 5.91 Å². The van der Waals surface area contributed by atoms with E-state index in [-0.39, 0.29) is 11.8 Å². The Balaban J connectivity index is 1.49. The number of benzene rings is 3. The maximum absolute atomic E-state index is 13.9. The van der Waals surface area contributed by atoms with E-state index in [1.54, 1.807) is 48.3 Å². The Morgan fingerprint density at radius 2 is 1.57 bits per heavy atom. The van der Waals surface area contributed by atoms with E-state index in [0.29, 0.717) is 34.1 Å². The molecule has 1 aromatic heterocycles. The summed E-state index contributed by atoms with van der Waals surface area (Å²) in [7, 11) is 4.78. The molecule has 0 aliphatic carbocycles. The minimum absolute atomic E-state index is 0.180. The summed E-state index contributed by atoms with van der Waals surface area (Å²) in [6.45, 7) is 0. The van der Waals surface area contributed by atoms with Crippen LogP contribution in [0, 0.1) is 0 Å². The molecule has 5 rings (SSSR count). The minimum Gasteiger partial charge on any atom is -0.493 e. The van der Waals surface area contributed by atoms with E-state index < -0.39 is 12.0 Å². The quantitative estimate of drug-likeness (QED) is 0.322. The summed E-state index contributed by atoms with van der Waals surface area (Å²) in [4.78, 5) is 29.8. The number of fused-ring (bicyclic) bond motifs is 1. The summed E-state index contributed by atoms with van der Waals surface area (Å²) in [6, 6.07) is 23.5. The molecule has 2 atom stereocenters. The molecule has 4 aromatic rings. The van der Waals surface area contributed by atoms with E-state index in [1.807, 2.05) is 47.8 Å². The van der Waals surface area contributed by atoms with E-state index >= 15 is 0 Å². The molecule has 7 nitrogen and oxygen atoms in total. The van der Waals surface area contributed by atoms with Crippen molar-refractivity contribution in [2.45, 2.75) is 12.0 Å². The summed E-state index contributed by atoms with van der Waals surface area (Å²) in [5.41, 5.74) is 1.64. The smallest absolute Gasteiger partial charge is 0.254 e. The van der Waals surface area contributed by atoms with Crippen molar-refractivity contribution in [2.75, 3.05) is 26.6 Å². The number of hydrogen-bond donors (Lipinski definition) is 1. The van der Waals surface area contributed by atoms with E-state index in [0.717, 1.165) is 10.6 Å². The highest BCUT2D eigenvalue weighted by atomic mass is 32.1. The van der Waals surface area contributed by atoms with E-state index in [4.69, 9.17) is 14.2 Å². The van der Waals surface area contributed by atoms with Gasteiger partial charge < -0.3 is 24.4 Å². The first-order chi connectivity index (χ1) is 18.0. The van der Waals surface area contributed by atoms with Crippen molar-refractivity contribution in [1.29, 1.82) is 0 Å². The zero-order valence-corrected chi connectivity index (χ0v) is 21.5. The normalized spacial score (nSPS) is 16.6. The third-order valence-electron chi connectivity index (χ3n) is 6.39. The number of likely N-dealkylation sites (N-methyl/N-ethyl adjacent to an activating group) is 1. The molecule has 0 radical (unpaired) electrons. The van der Waals surface area contributed by atoms with Gasteiger partial charge in [-0.05, 0) is 65.5 Å². The number of rotatable bonds is 7. The van der Waals surface area contributed by atoms with Gasteiger partial charge in [-0.15, -0.1) is 11.3 Å². The van der Waals surface area contributed by atoms with Crippen LogP contribution >= 0.6 is 11.3 Å². The molecule has 3 aromatic carbocycles. The van der Waals surface area contributed by atoms with Crippen molar-refractivity contribution < 1.29 is 23.8 Å². The Bertz CT molecular complexity index is 1400. The molecule has 1 aliphatic rings. The van der Waals surface area contributed by atoms with Gasteiger partial charge in [0.2, 0.25) is 5.91 Å². The summed E-state index contributed by atoms with van der Waals surface area (Å²) in [5, 5.41) is 4.98. The molecule has 2 unspecified atom stereocenters. The van der Waals surface area contributed by atoms with Crippen LogP contribution in [0.5, 0.6) is 23.0 Å². The highest BCUT2D eigenvalue weighted by Crippen LogP contribution is 2.47. The molecule has 0 saturated carbocycles. The average molecular weight is 515 g/mol. The van der Waals surface area contributed by atoms with Crippen molar-refractivity contribution >= 4 is 28.8 Å². The topological polar surface area (TPSA) is 77.1 Å². The number of ether oxygens (including phenoxy) is 3. The zero-order chi connectivity index (χ0) is 25.9. The minimum atomic E-state index is -0.670. The molecule has 0 fully saturated rings. The maximum Gasteiger partial charge on any atom is 0.254 e. The third-order valence-corrected chi connectivity index (χ3v) is 7.34. The molecule has 188 valence electrons. The highest BCUT2D eigenvalue weighted by molar-refractivity contribution is 7.10. The van der Waals surface area contributed by atoms with Gasteiger partial charge >= 0.3 is 0 Å². The molecule has 2 amide bonds. The lowest BCUT2D eigenvalue weighted by Crippen LogP contribution is -2.43. The van der Waals surface area contributed by atoms with E-state index in [2.05, 4.69) is 5.32 Å². The van der Waals surface area contributed by atoms with Gasteiger partial charge in [0, 0.05) is 23.2 Å². The van der Waals surface area contributed by atoms with Crippen LogP contribution in [0.1, 0.15) is 32.8 Å². The number of amides is 2. The van der Waals surface area contributed by atoms with Crippen molar-refractivity contribution in [3.05, 3.63) is 100 Å². The molecular weight excluding hydrogens is 488 g/mol. The molecule has 0 spiro atoms. The monoisotopic (exact) mass is 514 g/mol. The first-order valence-corrected chi connectivity index (χ1v) is 12.6. The predicted octanol–water partition coefficient (Wildman–Crippen LogP) is 6.11. The van der Waals surface area contributed by atoms with Crippen LogP contribution in [0.2, 0.25) is 0 Å². The lowest BCUT2D eigenvalue weighted by Gasteiger charge is -2.39. The predicted molar refractivity (Wildman–Crippen MR) is 143 cm³/mol. The third kappa shape index (κ3) is 4.75. The maximum atomic E-state index is 13.9. The van der Waals surface area contributed by atoms with Crippen LogP contribution in [0.3, 0.4) is 0 Å². The van der Waals surface area contributed by atoms with Gasteiger partial charge in [0.05, 0.1) is 26.2 Å². The number of para-hydroxylation sites is 1. The van der Waals surface area contributed by atoms with Crippen molar-refractivity contribution in [2.24, 2.45) is 0 Å². The average Bonchev–Trinajstić information content (AvgIpc) is 3.46. The van der Waals surface area contributed by atoms with Gasteiger partial charge in [-0.3, -0.25) is 9.59 Å². The highest BCUT2D eigenvalue weighted by Gasteiger charge is 2.44. The fourth-order valence-electron chi connectivity index (χ4n) is 4.60. The number of hydrogen-bond acceptors (Lipinski definition) is 6. The van der Waals surface area contributed by atoms with Crippen LogP contribution < -0.4 is 19.5 Å². The molecular formula is C29H26N2O5S. The Kier molecular flexibility index (Phi) is 6.83. The second-order valence-corrected chi connectivity index (χ2v) is 9.56. The molecule has 0 bridgehead atoms. The molecule has 1 aliphatic heterocycles. The SMILES string of the molecule is COc1cc2c(cc1OC)C(C(=O)Nc1ccc(Oc3ccccc3)cc1)C(c1cccs1)N(C)C2=O. The number of nitrogens with zero attached hydrogens (tertiary/aromatic N) is 1. The van der Waals surface area contributed by atoms with Gasteiger partial charge in [-0.1, -0.05) is 24.3 Å². The molecule has 0 saturated heterocycles. The summed E-state index contributed by atoms with van der Waals surface area (Å²) in [5.74, 6) is 1.20. The molecule has 37 heavy (non-hydrogen) atoms. The standard InChI is InChI=1S/C29H26N2O5S/c1-31-27(25-10-7-15-37-25)26(21-16-23(34-2)24(35-3)17-22(21)29(31)33)28(32)30-18-11-13-20(14-12-18)36-19-8-5-4-6-9-19/h4-17,26-27H,1-3H3,(H,30,32). The second kappa shape index (κ2) is 10.4. The molecule has 8 heteroatoms. The van der Waals surface area contributed by atoms with Crippen LogP contribution in [-0.2, 0) is 4.79 Å². The van der Waals surface area contributed by atoms with Gasteiger partial charge in [0.15, 0.2) is 11.5 Å². The van der Waals surface area contributed by atoms with Crippen LogP contribution in [0.15, 0.2) is 84.2 Å². The fraction of sp³-hybridized carbons (Fsp3) is 0.172.